The second kappa shape index (κ2) is 7.46. The summed E-state index contributed by atoms with van der Waals surface area (Å²) in [6.07, 6.45) is 0. The molecule has 0 spiro atoms. The van der Waals surface area contributed by atoms with Gasteiger partial charge in [-0.1, -0.05) is 72.8 Å². The number of fused-ring (bicyclic) bond motifs is 8. The zero-order valence-corrected chi connectivity index (χ0v) is 19.0. The molecule has 0 radical (unpaired) electrons. The van der Waals surface area contributed by atoms with E-state index < -0.39 is 11.3 Å². The first-order valence-corrected chi connectivity index (χ1v) is 11.4. The fraction of sp³-hybridized carbons (Fsp3) is 0.200. The van der Waals surface area contributed by atoms with Gasteiger partial charge >= 0.3 is 5.97 Å². The summed E-state index contributed by atoms with van der Waals surface area (Å²) in [6, 6.07) is 31.0. The van der Waals surface area contributed by atoms with Gasteiger partial charge in [-0.15, -0.1) is 0 Å². The van der Waals surface area contributed by atoms with E-state index in [9.17, 15) is 10.1 Å². The molecule has 2 aliphatic rings. The van der Waals surface area contributed by atoms with Crippen LogP contribution in [0.15, 0.2) is 84.9 Å². The number of esters is 1. The summed E-state index contributed by atoms with van der Waals surface area (Å²) >= 11 is 0. The van der Waals surface area contributed by atoms with Crippen molar-refractivity contribution < 1.29 is 14.3 Å². The molecule has 0 heterocycles. The Labute approximate surface area is 198 Å². The molecule has 4 heteroatoms. The molecule has 1 saturated carbocycles. The van der Waals surface area contributed by atoms with E-state index in [1.165, 1.54) is 7.11 Å². The molecule has 0 bridgehead atoms. The molecule has 4 nitrogen and oxygen atoms in total. The van der Waals surface area contributed by atoms with E-state index in [1.807, 2.05) is 54.6 Å². The largest absolute Gasteiger partial charge is 0.497 e. The smallest absolute Gasteiger partial charge is 0.310 e. The van der Waals surface area contributed by atoms with E-state index in [0.717, 1.165) is 44.3 Å². The number of nitriles is 1. The molecule has 34 heavy (non-hydrogen) atoms. The zero-order valence-electron chi connectivity index (χ0n) is 19.0. The van der Waals surface area contributed by atoms with Gasteiger partial charge in [0.05, 0.1) is 31.6 Å². The minimum absolute atomic E-state index is 0.282. The Bertz CT molecular complexity index is 1480. The molecule has 0 amide bonds. The number of methoxy groups -OCH3 is 2. The van der Waals surface area contributed by atoms with Gasteiger partial charge in [0.15, 0.2) is 0 Å². The van der Waals surface area contributed by atoms with Gasteiger partial charge in [0.1, 0.15) is 5.75 Å². The SMILES string of the molecule is COC(=O)[C@@H]1[C@H]2c3c(ccc4ccccc34)-c3ccccc3[C@@]2(C#N)[C@H]1c1ccc(OC)cc1. The molecule has 6 rings (SSSR count). The molecular weight excluding hydrogens is 422 g/mol. The van der Waals surface area contributed by atoms with Crippen molar-refractivity contribution in [2.24, 2.45) is 5.92 Å². The van der Waals surface area contributed by atoms with E-state index in [-0.39, 0.29) is 17.8 Å². The van der Waals surface area contributed by atoms with Crippen molar-refractivity contribution in [3.05, 3.63) is 102 Å². The van der Waals surface area contributed by atoms with Crippen molar-refractivity contribution >= 4 is 16.7 Å². The lowest BCUT2D eigenvalue weighted by atomic mass is 9.39. The van der Waals surface area contributed by atoms with Crippen LogP contribution in [-0.2, 0) is 14.9 Å². The number of nitrogens with zero attached hydrogens (tertiary/aromatic N) is 1. The fourth-order valence-corrected chi connectivity index (χ4v) is 6.41. The van der Waals surface area contributed by atoms with Gasteiger partial charge in [0, 0.05) is 11.8 Å². The van der Waals surface area contributed by atoms with E-state index in [2.05, 4.69) is 36.4 Å². The average Bonchev–Trinajstić information content (AvgIpc) is 2.89. The van der Waals surface area contributed by atoms with Crippen molar-refractivity contribution in [2.45, 2.75) is 17.3 Å². The highest BCUT2D eigenvalue weighted by atomic mass is 16.5. The minimum atomic E-state index is -0.888. The maximum absolute atomic E-state index is 13.3. The molecule has 0 N–H and O–H groups in total. The third-order valence-electron chi connectivity index (χ3n) is 7.78. The molecule has 4 aromatic carbocycles. The summed E-state index contributed by atoms with van der Waals surface area (Å²) in [7, 11) is 3.06. The highest BCUT2D eigenvalue weighted by Crippen LogP contribution is 2.71. The van der Waals surface area contributed by atoms with Crippen molar-refractivity contribution in [1.82, 2.24) is 0 Å². The van der Waals surface area contributed by atoms with Crippen molar-refractivity contribution in [1.29, 1.82) is 5.26 Å². The number of hydrogen-bond acceptors (Lipinski definition) is 4. The zero-order chi connectivity index (χ0) is 23.4. The fourth-order valence-electron chi connectivity index (χ4n) is 6.41. The molecule has 2 aliphatic carbocycles. The van der Waals surface area contributed by atoms with Crippen LogP contribution in [0.3, 0.4) is 0 Å². The average molecular weight is 446 g/mol. The van der Waals surface area contributed by atoms with Gasteiger partial charge in [-0.3, -0.25) is 4.79 Å². The highest BCUT2D eigenvalue weighted by molar-refractivity contribution is 5.97. The van der Waals surface area contributed by atoms with Gasteiger partial charge < -0.3 is 9.47 Å². The topological polar surface area (TPSA) is 59.3 Å². The Morgan fingerprint density at radius 3 is 2.32 bits per heavy atom. The predicted octanol–water partition coefficient (Wildman–Crippen LogP) is 5.96. The van der Waals surface area contributed by atoms with E-state index >= 15 is 0 Å². The summed E-state index contributed by atoms with van der Waals surface area (Å²) in [4.78, 5) is 13.3. The van der Waals surface area contributed by atoms with Crippen LogP contribution in [0.4, 0.5) is 0 Å². The van der Waals surface area contributed by atoms with E-state index in [4.69, 9.17) is 9.47 Å². The number of carbonyl (C=O) groups excluding carboxylic acids is 1. The van der Waals surface area contributed by atoms with Gasteiger partial charge in [-0.2, -0.15) is 5.26 Å². The molecule has 4 aromatic rings. The van der Waals surface area contributed by atoms with Gasteiger partial charge in [-0.05, 0) is 50.7 Å². The molecule has 1 fully saturated rings. The number of rotatable bonds is 3. The van der Waals surface area contributed by atoms with Crippen molar-refractivity contribution in [2.75, 3.05) is 14.2 Å². The van der Waals surface area contributed by atoms with Crippen LogP contribution in [0.1, 0.15) is 28.5 Å². The van der Waals surface area contributed by atoms with Crippen LogP contribution < -0.4 is 4.74 Å². The molecular formula is C30H23NO3. The Hall–Kier alpha value is -4.10. The monoisotopic (exact) mass is 445 g/mol. The summed E-state index contributed by atoms with van der Waals surface area (Å²) in [5.74, 6) is -0.672. The van der Waals surface area contributed by atoms with Crippen LogP contribution in [-0.4, -0.2) is 20.2 Å². The summed E-state index contributed by atoms with van der Waals surface area (Å²) in [5, 5.41) is 13.1. The van der Waals surface area contributed by atoms with E-state index in [1.54, 1.807) is 7.11 Å². The van der Waals surface area contributed by atoms with Gasteiger partial charge in [0.25, 0.3) is 0 Å². The number of hydrogen-bond donors (Lipinski definition) is 0. The molecule has 0 unspecified atom stereocenters. The normalized spacial score (nSPS) is 24.1. The lowest BCUT2D eigenvalue weighted by Crippen LogP contribution is -2.60. The minimum Gasteiger partial charge on any atom is -0.497 e. The lowest BCUT2D eigenvalue weighted by molar-refractivity contribution is -0.153. The highest BCUT2D eigenvalue weighted by Gasteiger charge is 2.69. The summed E-state index contributed by atoms with van der Waals surface area (Å²) < 4.78 is 10.7. The Morgan fingerprint density at radius 1 is 0.853 bits per heavy atom. The van der Waals surface area contributed by atoms with Crippen molar-refractivity contribution in [3.8, 4) is 22.9 Å². The number of benzene rings is 4. The van der Waals surface area contributed by atoms with Gasteiger partial charge in [-0.25, -0.2) is 0 Å². The second-order valence-corrected chi connectivity index (χ2v) is 9.05. The predicted molar refractivity (Wildman–Crippen MR) is 131 cm³/mol. The molecule has 166 valence electrons. The third kappa shape index (κ3) is 2.50. The first-order valence-electron chi connectivity index (χ1n) is 11.4. The standard InChI is InChI=1S/C30H23NO3/c1-33-20-14-11-19(12-15-20)27-26(29(32)34-2)28-25-21-8-4-3-7-18(21)13-16-23(25)22-9-5-6-10-24(22)30(27,28)17-31/h3-16,26-28H,1-2H3/t26-,27-,28+,30-/m0/s1. The quantitative estimate of drug-likeness (QED) is 0.365. The van der Waals surface area contributed by atoms with Crippen LogP contribution >= 0.6 is 0 Å². The third-order valence-corrected chi connectivity index (χ3v) is 7.78. The number of carbonyl (C=O) groups is 1. The van der Waals surface area contributed by atoms with Gasteiger partial charge in [0.2, 0.25) is 0 Å². The van der Waals surface area contributed by atoms with Crippen LogP contribution in [0, 0.1) is 17.2 Å². The van der Waals surface area contributed by atoms with Crippen LogP contribution in [0.5, 0.6) is 5.75 Å². The maximum Gasteiger partial charge on any atom is 0.310 e. The van der Waals surface area contributed by atoms with E-state index in [0.29, 0.717) is 0 Å². The van der Waals surface area contributed by atoms with Crippen LogP contribution in [0.25, 0.3) is 21.9 Å². The van der Waals surface area contributed by atoms with Crippen LogP contribution in [0.2, 0.25) is 0 Å². The Balaban J connectivity index is 1.69. The summed E-state index contributed by atoms with van der Waals surface area (Å²) in [6.45, 7) is 0. The second-order valence-electron chi connectivity index (χ2n) is 9.05. The molecule has 0 saturated heterocycles. The molecule has 0 aromatic heterocycles. The molecule has 0 aliphatic heterocycles. The summed E-state index contributed by atoms with van der Waals surface area (Å²) in [5.41, 5.74) is 4.24. The first kappa shape index (κ1) is 20.5. The Morgan fingerprint density at radius 2 is 1.59 bits per heavy atom. The number of ether oxygens (including phenoxy) is 2. The lowest BCUT2D eigenvalue weighted by Gasteiger charge is -2.60. The Kier molecular flexibility index (Phi) is 4.50. The maximum atomic E-state index is 13.3. The first-order chi connectivity index (χ1) is 16.7. The molecule has 4 atom stereocenters. The van der Waals surface area contributed by atoms with Crippen molar-refractivity contribution in [3.63, 3.8) is 0 Å².